The summed E-state index contributed by atoms with van der Waals surface area (Å²) < 4.78 is 5.74. The number of likely N-dealkylation sites (tertiary alicyclic amines) is 1. The molecule has 0 bridgehead atoms. The van der Waals surface area contributed by atoms with Gasteiger partial charge < -0.3 is 15.0 Å². The van der Waals surface area contributed by atoms with E-state index in [4.69, 9.17) is 4.74 Å². The van der Waals surface area contributed by atoms with Crippen LogP contribution in [0.2, 0.25) is 0 Å². The molecule has 4 rings (SSSR count). The second kappa shape index (κ2) is 9.87. The van der Waals surface area contributed by atoms with Crippen LogP contribution in [-0.2, 0) is 19.7 Å². The molecule has 6 heteroatoms. The summed E-state index contributed by atoms with van der Waals surface area (Å²) >= 11 is 1.61. The minimum atomic E-state index is -0.0812. The number of nitrogens with one attached hydrogen (secondary N) is 2. The van der Waals surface area contributed by atoms with Crippen molar-refractivity contribution >= 4 is 17.2 Å². The Kier molecular flexibility index (Phi) is 6.77. The highest BCUT2D eigenvalue weighted by Crippen LogP contribution is 2.16. The maximum absolute atomic E-state index is 12.4. The van der Waals surface area contributed by atoms with Crippen molar-refractivity contribution < 1.29 is 14.4 Å². The molecular weight excluding hydrogens is 394 g/mol. The van der Waals surface area contributed by atoms with Crippen LogP contribution in [0, 0.1) is 6.92 Å². The molecular formula is C24H28N3O2S+. The highest BCUT2D eigenvalue weighted by atomic mass is 32.1. The molecule has 0 saturated carbocycles. The van der Waals surface area contributed by atoms with Gasteiger partial charge in [0, 0.05) is 35.9 Å². The van der Waals surface area contributed by atoms with E-state index in [9.17, 15) is 4.79 Å². The first-order valence-corrected chi connectivity index (χ1v) is 11.4. The van der Waals surface area contributed by atoms with Crippen LogP contribution >= 0.6 is 11.3 Å². The molecule has 0 spiro atoms. The van der Waals surface area contributed by atoms with Gasteiger partial charge in [-0.2, -0.15) is 0 Å². The van der Waals surface area contributed by atoms with E-state index in [0.29, 0.717) is 18.7 Å². The Labute approximate surface area is 181 Å². The summed E-state index contributed by atoms with van der Waals surface area (Å²) in [5.41, 5.74) is 4.03. The molecule has 1 aliphatic heterocycles. The first-order chi connectivity index (χ1) is 14.7. The molecule has 3 aromatic rings. The quantitative estimate of drug-likeness (QED) is 0.586. The van der Waals surface area contributed by atoms with Crippen LogP contribution in [0.5, 0.6) is 5.75 Å². The van der Waals surface area contributed by atoms with E-state index in [2.05, 4.69) is 34.6 Å². The number of amides is 1. The van der Waals surface area contributed by atoms with Crippen molar-refractivity contribution in [3.05, 3.63) is 81.3 Å². The molecule has 5 nitrogen and oxygen atoms in total. The van der Waals surface area contributed by atoms with Crippen LogP contribution in [0.25, 0.3) is 0 Å². The van der Waals surface area contributed by atoms with Gasteiger partial charge in [-0.1, -0.05) is 24.3 Å². The van der Waals surface area contributed by atoms with Crippen molar-refractivity contribution in [2.45, 2.75) is 39.5 Å². The molecule has 1 aliphatic rings. The molecule has 30 heavy (non-hydrogen) atoms. The summed E-state index contributed by atoms with van der Waals surface area (Å²) in [5.74, 6) is 0.648. The molecule has 1 fully saturated rings. The number of hydrogen-bond acceptors (Lipinski definition) is 4. The molecule has 0 radical (unpaired) electrons. The summed E-state index contributed by atoms with van der Waals surface area (Å²) in [6.07, 6.45) is 2.69. The molecule has 2 aromatic carbocycles. The zero-order valence-corrected chi connectivity index (χ0v) is 18.1. The Bertz CT molecular complexity index is 961. The van der Waals surface area contributed by atoms with Crippen molar-refractivity contribution in [1.82, 2.24) is 10.3 Å². The van der Waals surface area contributed by atoms with Gasteiger partial charge in [0.1, 0.15) is 18.9 Å². The fourth-order valence-electron chi connectivity index (χ4n) is 3.73. The number of aromatic nitrogens is 1. The summed E-state index contributed by atoms with van der Waals surface area (Å²) in [6.45, 7) is 6.61. The number of nitrogens with zero attached hydrogens (tertiary/aromatic N) is 1. The lowest BCUT2D eigenvalue weighted by Gasteiger charge is -2.12. The minimum absolute atomic E-state index is 0.0812. The van der Waals surface area contributed by atoms with Crippen molar-refractivity contribution in [2.75, 3.05) is 13.1 Å². The SMILES string of the molecule is Cc1nc(COc2ccc(C(=O)NCc3ccc(C[NH+]4CCCC4)cc3)cc2)cs1. The van der Waals surface area contributed by atoms with Crippen LogP contribution in [0.1, 0.15) is 45.0 Å². The summed E-state index contributed by atoms with van der Waals surface area (Å²) in [4.78, 5) is 18.5. The van der Waals surface area contributed by atoms with E-state index in [1.165, 1.54) is 31.5 Å². The van der Waals surface area contributed by atoms with Gasteiger partial charge >= 0.3 is 0 Å². The van der Waals surface area contributed by atoms with Gasteiger partial charge in [-0.25, -0.2) is 4.98 Å². The van der Waals surface area contributed by atoms with Gasteiger partial charge in [0.05, 0.1) is 23.8 Å². The Morgan fingerprint density at radius 2 is 1.77 bits per heavy atom. The maximum atomic E-state index is 12.4. The van der Waals surface area contributed by atoms with E-state index >= 15 is 0 Å². The molecule has 156 valence electrons. The van der Waals surface area contributed by atoms with Crippen molar-refractivity contribution in [3.63, 3.8) is 0 Å². The first-order valence-electron chi connectivity index (χ1n) is 10.5. The van der Waals surface area contributed by atoms with Gasteiger partial charge in [0.15, 0.2) is 0 Å². The van der Waals surface area contributed by atoms with Gasteiger partial charge in [-0.3, -0.25) is 4.79 Å². The number of rotatable bonds is 8. The van der Waals surface area contributed by atoms with E-state index < -0.39 is 0 Å². The third-order valence-corrected chi connectivity index (χ3v) is 6.23. The molecule has 0 unspecified atom stereocenters. The first kappa shape index (κ1) is 20.6. The van der Waals surface area contributed by atoms with E-state index in [1.807, 2.05) is 24.4 Å². The number of ether oxygens (including phenoxy) is 1. The lowest BCUT2D eigenvalue weighted by molar-refractivity contribution is -0.901. The highest BCUT2D eigenvalue weighted by molar-refractivity contribution is 7.09. The summed E-state index contributed by atoms with van der Waals surface area (Å²) in [5, 5.41) is 6.02. The molecule has 0 atom stereocenters. The molecule has 0 aliphatic carbocycles. The minimum Gasteiger partial charge on any atom is -0.487 e. The largest absolute Gasteiger partial charge is 0.487 e. The number of aryl methyl sites for hydroxylation is 1. The standard InChI is InChI=1S/C24H27N3O2S/c1-18-26-22(17-30-18)16-29-23-10-8-21(9-11-23)24(28)25-14-19-4-6-20(7-5-19)15-27-12-2-3-13-27/h4-11,17H,2-3,12-16H2,1H3,(H,25,28)/p+1. The number of carbonyl (C=O) groups excluding carboxylic acids is 1. The smallest absolute Gasteiger partial charge is 0.251 e. The molecule has 1 aromatic heterocycles. The summed E-state index contributed by atoms with van der Waals surface area (Å²) in [7, 11) is 0. The van der Waals surface area contributed by atoms with Crippen molar-refractivity contribution in [1.29, 1.82) is 0 Å². The zero-order chi connectivity index (χ0) is 20.8. The lowest BCUT2D eigenvalue weighted by Crippen LogP contribution is -3.08. The predicted molar refractivity (Wildman–Crippen MR) is 119 cm³/mol. The Morgan fingerprint density at radius 3 is 2.43 bits per heavy atom. The van der Waals surface area contributed by atoms with Crippen LogP contribution in [-0.4, -0.2) is 24.0 Å². The van der Waals surface area contributed by atoms with Crippen LogP contribution < -0.4 is 15.0 Å². The average Bonchev–Trinajstić information content (AvgIpc) is 3.43. The monoisotopic (exact) mass is 422 g/mol. The summed E-state index contributed by atoms with van der Waals surface area (Å²) in [6, 6.07) is 15.8. The lowest BCUT2D eigenvalue weighted by atomic mass is 10.1. The molecule has 2 N–H and O–H groups in total. The number of benzene rings is 2. The van der Waals surface area contributed by atoms with E-state index in [-0.39, 0.29) is 5.91 Å². The van der Waals surface area contributed by atoms with Gasteiger partial charge in [0.25, 0.3) is 5.91 Å². The second-order valence-electron chi connectivity index (χ2n) is 7.80. The number of quaternary nitrogens is 1. The number of thiazole rings is 1. The Morgan fingerprint density at radius 1 is 1.07 bits per heavy atom. The number of carbonyl (C=O) groups is 1. The average molecular weight is 423 g/mol. The van der Waals surface area contributed by atoms with Crippen molar-refractivity contribution in [2.24, 2.45) is 0 Å². The van der Waals surface area contributed by atoms with Gasteiger partial charge in [-0.05, 0) is 36.8 Å². The van der Waals surface area contributed by atoms with Gasteiger partial charge in [0.2, 0.25) is 0 Å². The molecule has 1 saturated heterocycles. The van der Waals surface area contributed by atoms with Crippen LogP contribution in [0.3, 0.4) is 0 Å². The normalized spacial score (nSPS) is 14.0. The third-order valence-electron chi connectivity index (χ3n) is 5.41. The second-order valence-corrected chi connectivity index (χ2v) is 8.87. The van der Waals surface area contributed by atoms with Gasteiger partial charge in [-0.15, -0.1) is 11.3 Å². The number of hydrogen-bond donors (Lipinski definition) is 2. The topological polar surface area (TPSA) is 55.7 Å². The van der Waals surface area contributed by atoms with Crippen LogP contribution in [0.15, 0.2) is 53.9 Å². The zero-order valence-electron chi connectivity index (χ0n) is 17.3. The highest BCUT2D eigenvalue weighted by Gasteiger charge is 2.15. The molecule has 1 amide bonds. The third kappa shape index (κ3) is 5.68. The fourth-order valence-corrected chi connectivity index (χ4v) is 4.33. The van der Waals surface area contributed by atoms with E-state index in [1.54, 1.807) is 28.4 Å². The van der Waals surface area contributed by atoms with Crippen molar-refractivity contribution in [3.8, 4) is 5.75 Å². The Balaban J connectivity index is 1.24. The Hall–Kier alpha value is -2.70. The molecule has 2 heterocycles. The maximum Gasteiger partial charge on any atom is 0.251 e. The van der Waals surface area contributed by atoms with Crippen LogP contribution in [0.4, 0.5) is 0 Å². The predicted octanol–water partition coefficient (Wildman–Crippen LogP) is 3.14. The fraction of sp³-hybridized carbons (Fsp3) is 0.333. The van der Waals surface area contributed by atoms with E-state index in [0.717, 1.165) is 28.6 Å².